The molecule has 0 atom stereocenters. The zero-order chi connectivity index (χ0) is 18.0. The summed E-state index contributed by atoms with van der Waals surface area (Å²) in [5.74, 6) is -0.679. The number of β-amino-alcohol motifs (C(OH)–C–C–N with tert-alkyl or cyclic N) is 1. The molecule has 0 radical (unpaired) electrons. The number of aliphatic hydroxyl groups is 1. The molecule has 8 nitrogen and oxygen atoms in total. The van der Waals surface area contributed by atoms with E-state index in [-0.39, 0.29) is 12.3 Å². The summed E-state index contributed by atoms with van der Waals surface area (Å²) in [4.78, 5) is 17.2. The van der Waals surface area contributed by atoms with Gasteiger partial charge in [-0.1, -0.05) is 12.1 Å². The van der Waals surface area contributed by atoms with Crippen molar-refractivity contribution >= 4 is 11.8 Å². The van der Waals surface area contributed by atoms with E-state index in [4.69, 9.17) is 5.11 Å². The predicted octanol–water partition coefficient (Wildman–Crippen LogP) is 0.697. The smallest absolute Gasteiger partial charge is 0.360 e. The summed E-state index contributed by atoms with van der Waals surface area (Å²) < 4.78 is 0. The Morgan fingerprint density at radius 3 is 2.52 bits per heavy atom. The van der Waals surface area contributed by atoms with E-state index in [9.17, 15) is 9.90 Å². The molecule has 0 amide bonds. The molecule has 0 saturated carbocycles. The fraction of sp³-hybridized carbons (Fsp3) is 0.471. The highest BCUT2D eigenvalue weighted by Crippen LogP contribution is 2.22. The number of aryl methyl sites for hydroxylation is 2. The lowest BCUT2D eigenvalue weighted by Gasteiger charge is -2.34. The van der Waals surface area contributed by atoms with E-state index >= 15 is 0 Å². The van der Waals surface area contributed by atoms with E-state index in [0.29, 0.717) is 25.5 Å². The lowest BCUT2D eigenvalue weighted by atomic mass is 10.1. The SMILES string of the molecule is Cc1ccc(C)c(-n2nc(C(=O)O)c(N3CCN(CCO)CC3)n2)c1. The summed E-state index contributed by atoms with van der Waals surface area (Å²) >= 11 is 0. The van der Waals surface area contributed by atoms with E-state index in [0.717, 1.165) is 29.9 Å². The van der Waals surface area contributed by atoms with Gasteiger partial charge in [0.15, 0.2) is 5.82 Å². The molecule has 1 saturated heterocycles. The van der Waals surface area contributed by atoms with E-state index in [1.165, 1.54) is 4.80 Å². The number of aliphatic hydroxyl groups excluding tert-OH is 1. The third kappa shape index (κ3) is 3.64. The Labute approximate surface area is 146 Å². The number of aromatic carboxylic acids is 1. The molecular formula is C17H23N5O3. The van der Waals surface area contributed by atoms with Gasteiger partial charge < -0.3 is 15.1 Å². The van der Waals surface area contributed by atoms with Gasteiger partial charge in [-0.2, -0.15) is 0 Å². The number of nitrogens with zero attached hydrogens (tertiary/aromatic N) is 5. The fourth-order valence-electron chi connectivity index (χ4n) is 3.02. The highest BCUT2D eigenvalue weighted by atomic mass is 16.4. The van der Waals surface area contributed by atoms with Crippen LogP contribution in [-0.4, -0.2) is 75.4 Å². The van der Waals surface area contributed by atoms with Gasteiger partial charge in [-0.05, 0) is 31.0 Å². The van der Waals surface area contributed by atoms with E-state index in [2.05, 4.69) is 15.1 Å². The first-order valence-corrected chi connectivity index (χ1v) is 8.36. The van der Waals surface area contributed by atoms with Crippen LogP contribution in [0.1, 0.15) is 21.6 Å². The monoisotopic (exact) mass is 345 g/mol. The van der Waals surface area contributed by atoms with Gasteiger partial charge in [0, 0.05) is 32.7 Å². The summed E-state index contributed by atoms with van der Waals surface area (Å²) in [5.41, 5.74) is 2.80. The van der Waals surface area contributed by atoms with Gasteiger partial charge in [-0.15, -0.1) is 15.0 Å². The lowest BCUT2D eigenvalue weighted by Crippen LogP contribution is -2.47. The van der Waals surface area contributed by atoms with Gasteiger partial charge in [0.25, 0.3) is 0 Å². The molecule has 0 aliphatic carbocycles. The number of rotatable bonds is 5. The summed E-state index contributed by atoms with van der Waals surface area (Å²) in [7, 11) is 0. The second-order valence-corrected chi connectivity index (χ2v) is 6.31. The molecule has 1 aliphatic heterocycles. The molecule has 3 rings (SSSR count). The maximum Gasteiger partial charge on any atom is 0.360 e. The van der Waals surface area contributed by atoms with Crippen molar-refractivity contribution < 1.29 is 15.0 Å². The zero-order valence-corrected chi connectivity index (χ0v) is 14.5. The number of anilines is 1. The van der Waals surface area contributed by atoms with Crippen LogP contribution < -0.4 is 4.90 Å². The first-order valence-electron chi connectivity index (χ1n) is 8.36. The van der Waals surface area contributed by atoms with Gasteiger partial charge >= 0.3 is 5.97 Å². The Bertz CT molecular complexity index is 766. The van der Waals surface area contributed by atoms with Gasteiger partial charge in [0.1, 0.15) is 0 Å². The van der Waals surface area contributed by atoms with Gasteiger partial charge in [0.05, 0.1) is 12.3 Å². The molecule has 2 aromatic rings. The number of carboxylic acid groups (broad SMARTS) is 1. The van der Waals surface area contributed by atoms with Crippen molar-refractivity contribution in [2.45, 2.75) is 13.8 Å². The normalized spacial score (nSPS) is 15.6. The fourth-order valence-corrected chi connectivity index (χ4v) is 3.02. The minimum absolute atomic E-state index is 0.0310. The van der Waals surface area contributed by atoms with Crippen molar-refractivity contribution in [3.63, 3.8) is 0 Å². The molecular weight excluding hydrogens is 322 g/mol. The Balaban J connectivity index is 1.91. The predicted molar refractivity (Wildman–Crippen MR) is 93.5 cm³/mol. The summed E-state index contributed by atoms with van der Waals surface area (Å²) in [6.07, 6.45) is 0. The average Bonchev–Trinajstić information content (AvgIpc) is 3.03. The Kier molecular flexibility index (Phi) is 5.00. The standard InChI is InChI=1S/C17H23N5O3/c1-12-3-4-13(2)14(11-12)22-18-15(17(24)25)16(19-22)21-7-5-20(6-8-21)9-10-23/h3-4,11,23H,5-10H2,1-2H3,(H,24,25). The minimum Gasteiger partial charge on any atom is -0.476 e. The summed E-state index contributed by atoms with van der Waals surface area (Å²) in [6, 6.07) is 5.92. The van der Waals surface area contributed by atoms with Crippen LogP contribution in [0.5, 0.6) is 0 Å². The maximum atomic E-state index is 11.6. The molecule has 25 heavy (non-hydrogen) atoms. The van der Waals surface area contributed by atoms with E-state index in [1.807, 2.05) is 36.9 Å². The number of benzene rings is 1. The second kappa shape index (κ2) is 7.20. The number of carbonyl (C=O) groups is 1. The van der Waals surface area contributed by atoms with Crippen LogP contribution in [0.2, 0.25) is 0 Å². The first-order chi connectivity index (χ1) is 12.0. The van der Waals surface area contributed by atoms with Crippen LogP contribution in [0.15, 0.2) is 18.2 Å². The Hall–Kier alpha value is -2.45. The molecule has 0 unspecified atom stereocenters. The van der Waals surface area contributed by atoms with Crippen molar-refractivity contribution in [2.24, 2.45) is 0 Å². The van der Waals surface area contributed by atoms with Crippen LogP contribution in [0.3, 0.4) is 0 Å². The lowest BCUT2D eigenvalue weighted by molar-refractivity contribution is 0.0690. The molecule has 8 heteroatoms. The molecule has 0 bridgehead atoms. The molecule has 1 aliphatic rings. The van der Waals surface area contributed by atoms with Crippen LogP contribution in [0.25, 0.3) is 5.69 Å². The van der Waals surface area contributed by atoms with Gasteiger partial charge in [0.2, 0.25) is 5.69 Å². The van der Waals surface area contributed by atoms with Crippen molar-refractivity contribution in [1.29, 1.82) is 0 Å². The average molecular weight is 345 g/mol. The topological polar surface area (TPSA) is 94.7 Å². The molecule has 1 fully saturated rings. The quantitative estimate of drug-likeness (QED) is 0.823. The van der Waals surface area contributed by atoms with Crippen molar-refractivity contribution in [1.82, 2.24) is 19.9 Å². The number of hydrogen-bond donors (Lipinski definition) is 2. The largest absolute Gasteiger partial charge is 0.476 e. The van der Waals surface area contributed by atoms with Crippen molar-refractivity contribution in [2.75, 3.05) is 44.2 Å². The highest BCUT2D eigenvalue weighted by molar-refractivity contribution is 5.91. The maximum absolute atomic E-state index is 11.6. The van der Waals surface area contributed by atoms with Gasteiger partial charge in [-0.25, -0.2) is 4.79 Å². The number of hydrogen-bond acceptors (Lipinski definition) is 6. The van der Waals surface area contributed by atoms with E-state index < -0.39 is 5.97 Å². The van der Waals surface area contributed by atoms with Crippen LogP contribution in [-0.2, 0) is 0 Å². The molecule has 1 aromatic carbocycles. The zero-order valence-electron chi connectivity index (χ0n) is 14.5. The molecule has 2 N–H and O–H groups in total. The summed E-state index contributed by atoms with van der Waals surface area (Å²) in [6.45, 7) is 7.53. The third-order valence-electron chi connectivity index (χ3n) is 4.47. The number of carboxylic acids is 1. The van der Waals surface area contributed by atoms with Crippen LogP contribution in [0, 0.1) is 13.8 Å². The van der Waals surface area contributed by atoms with Crippen LogP contribution >= 0.6 is 0 Å². The van der Waals surface area contributed by atoms with Gasteiger partial charge in [-0.3, -0.25) is 4.90 Å². The summed E-state index contributed by atoms with van der Waals surface area (Å²) in [5, 5.41) is 27.3. The molecule has 0 spiro atoms. The minimum atomic E-state index is -1.08. The van der Waals surface area contributed by atoms with Crippen molar-refractivity contribution in [3.8, 4) is 5.69 Å². The second-order valence-electron chi connectivity index (χ2n) is 6.31. The number of piperazine rings is 1. The van der Waals surface area contributed by atoms with Crippen LogP contribution in [0.4, 0.5) is 5.82 Å². The Morgan fingerprint density at radius 2 is 1.88 bits per heavy atom. The molecule has 134 valence electrons. The first kappa shape index (κ1) is 17.4. The highest BCUT2D eigenvalue weighted by Gasteiger charge is 2.26. The van der Waals surface area contributed by atoms with Crippen molar-refractivity contribution in [3.05, 3.63) is 35.0 Å². The number of aromatic nitrogens is 3. The third-order valence-corrected chi connectivity index (χ3v) is 4.47. The molecule has 1 aromatic heterocycles. The molecule has 2 heterocycles. The Morgan fingerprint density at radius 1 is 1.16 bits per heavy atom. The van der Waals surface area contributed by atoms with E-state index in [1.54, 1.807) is 0 Å².